The lowest BCUT2D eigenvalue weighted by molar-refractivity contribution is 0.102. The molecular formula is C11H10N4O3. The molecule has 0 radical (unpaired) electrons. The Morgan fingerprint density at radius 2 is 1.89 bits per heavy atom. The number of hydrogen-bond donors (Lipinski definition) is 3. The van der Waals surface area contributed by atoms with Crippen LogP contribution < -0.4 is 22.4 Å². The average Bonchev–Trinajstić information content (AvgIpc) is 2.35. The van der Waals surface area contributed by atoms with Crippen molar-refractivity contribution in [2.24, 2.45) is 0 Å². The number of nitrogens with one attached hydrogen (secondary N) is 2. The monoisotopic (exact) mass is 246 g/mol. The molecule has 4 N–H and O–H groups in total. The number of H-pyrrole nitrogens is 1. The molecule has 1 heterocycles. The summed E-state index contributed by atoms with van der Waals surface area (Å²) < 4.78 is 0.640. The summed E-state index contributed by atoms with van der Waals surface area (Å²) in [6.07, 6.45) is 0.986. The molecule has 0 unspecified atom stereocenters. The lowest BCUT2D eigenvalue weighted by Crippen LogP contribution is -2.38. The Hall–Kier alpha value is -2.83. The Bertz CT molecular complexity index is 687. The molecule has 7 nitrogen and oxygen atoms in total. The Labute approximate surface area is 101 Å². The largest absolute Gasteiger partial charge is 0.346 e. The van der Waals surface area contributed by atoms with E-state index in [0.29, 0.717) is 10.4 Å². The van der Waals surface area contributed by atoms with Crippen LogP contribution in [-0.2, 0) is 0 Å². The van der Waals surface area contributed by atoms with E-state index in [1.807, 2.05) is 4.98 Å². The number of nitrogens with zero attached hydrogens (tertiary/aromatic N) is 1. The zero-order valence-corrected chi connectivity index (χ0v) is 9.21. The number of rotatable bonds is 2. The van der Waals surface area contributed by atoms with Gasteiger partial charge in [0.05, 0.1) is 0 Å². The zero-order valence-electron chi connectivity index (χ0n) is 9.21. The van der Waals surface area contributed by atoms with Crippen LogP contribution in [0.5, 0.6) is 0 Å². The minimum absolute atomic E-state index is 0.235. The van der Waals surface area contributed by atoms with Crippen LogP contribution in [0.3, 0.4) is 0 Å². The predicted octanol–water partition coefficient (Wildman–Crippen LogP) is -0.497. The van der Waals surface area contributed by atoms with Crippen molar-refractivity contribution < 1.29 is 4.79 Å². The van der Waals surface area contributed by atoms with Gasteiger partial charge in [0, 0.05) is 11.9 Å². The van der Waals surface area contributed by atoms with Crippen molar-refractivity contribution in [2.75, 3.05) is 11.2 Å². The number of benzene rings is 1. The highest BCUT2D eigenvalue weighted by atomic mass is 16.2. The highest BCUT2D eigenvalue weighted by Crippen LogP contribution is 2.05. The number of aromatic amines is 1. The van der Waals surface area contributed by atoms with Gasteiger partial charge in [-0.3, -0.25) is 14.6 Å². The number of amides is 1. The van der Waals surface area contributed by atoms with Crippen molar-refractivity contribution in [3.8, 4) is 0 Å². The minimum Gasteiger partial charge on any atom is -0.335 e. The molecule has 0 aliphatic heterocycles. The molecule has 1 aromatic carbocycles. The SMILES string of the molecule is Nn1cc(C(=O)Nc2ccccc2)c(=O)[nH]c1=O. The Morgan fingerprint density at radius 1 is 1.22 bits per heavy atom. The molecule has 0 bridgehead atoms. The number of carbonyl (C=O) groups is 1. The minimum atomic E-state index is -0.782. The maximum Gasteiger partial charge on any atom is 0.346 e. The molecule has 1 amide bonds. The molecule has 92 valence electrons. The first-order valence-corrected chi connectivity index (χ1v) is 5.05. The molecular weight excluding hydrogens is 236 g/mol. The molecule has 0 spiro atoms. The van der Waals surface area contributed by atoms with Gasteiger partial charge in [-0.1, -0.05) is 18.2 Å². The topological polar surface area (TPSA) is 110 Å². The molecule has 7 heteroatoms. The van der Waals surface area contributed by atoms with Gasteiger partial charge in [-0.05, 0) is 12.1 Å². The molecule has 2 aromatic rings. The molecule has 1 aromatic heterocycles. The van der Waals surface area contributed by atoms with Gasteiger partial charge in [0.15, 0.2) is 0 Å². The Balaban J connectivity index is 2.33. The number of hydrogen-bond acceptors (Lipinski definition) is 4. The van der Waals surface area contributed by atoms with Gasteiger partial charge in [-0.2, -0.15) is 0 Å². The van der Waals surface area contributed by atoms with E-state index in [-0.39, 0.29) is 5.56 Å². The number of aromatic nitrogens is 2. The van der Waals surface area contributed by atoms with Crippen LogP contribution >= 0.6 is 0 Å². The van der Waals surface area contributed by atoms with Crippen LogP contribution in [0.2, 0.25) is 0 Å². The highest BCUT2D eigenvalue weighted by molar-refractivity contribution is 6.03. The van der Waals surface area contributed by atoms with E-state index < -0.39 is 17.2 Å². The first-order valence-electron chi connectivity index (χ1n) is 5.05. The number of nitrogen functional groups attached to an aromatic ring is 1. The predicted molar refractivity (Wildman–Crippen MR) is 65.9 cm³/mol. The van der Waals surface area contributed by atoms with Crippen LogP contribution in [-0.4, -0.2) is 15.6 Å². The van der Waals surface area contributed by atoms with E-state index >= 15 is 0 Å². The molecule has 18 heavy (non-hydrogen) atoms. The third-order valence-corrected chi connectivity index (χ3v) is 2.24. The zero-order chi connectivity index (χ0) is 13.1. The summed E-state index contributed by atoms with van der Waals surface area (Å²) in [6, 6.07) is 8.62. The number of para-hydroxylation sites is 1. The van der Waals surface area contributed by atoms with E-state index in [1.165, 1.54) is 0 Å². The quantitative estimate of drug-likeness (QED) is 0.620. The third-order valence-electron chi connectivity index (χ3n) is 2.24. The first-order chi connectivity index (χ1) is 8.58. The second-order valence-corrected chi connectivity index (χ2v) is 3.53. The molecule has 0 fully saturated rings. The van der Waals surface area contributed by atoms with Gasteiger partial charge in [0.2, 0.25) is 0 Å². The third kappa shape index (κ3) is 2.29. The van der Waals surface area contributed by atoms with E-state index in [9.17, 15) is 14.4 Å². The van der Waals surface area contributed by atoms with Gasteiger partial charge in [-0.15, -0.1) is 0 Å². The molecule has 0 aliphatic rings. The summed E-state index contributed by atoms with van der Waals surface area (Å²) >= 11 is 0. The molecule has 0 saturated heterocycles. The average molecular weight is 246 g/mol. The summed E-state index contributed by atoms with van der Waals surface area (Å²) in [6.45, 7) is 0. The fraction of sp³-hybridized carbons (Fsp3) is 0. The van der Waals surface area contributed by atoms with Crippen LogP contribution in [0.1, 0.15) is 10.4 Å². The summed E-state index contributed by atoms with van der Waals surface area (Å²) in [4.78, 5) is 36.2. The Morgan fingerprint density at radius 3 is 2.56 bits per heavy atom. The lowest BCUT2D eigenvalue weighted by Gasteiger charge is -2.04. The fourth-order valence-corrected chi connectivity index (χ4v) is 1.37. The van der Waals surface area contributed by atoms with Gasteiger partial charge < -0.3 is 11.2 Å². The molecule has 0 aliphatic carbocycles. The van der Waals surface area contributed by atoms with E-state index in [0.717, 1.165) is 6.20 Å². The fourth-order valence-electron chi connectivity index (χ4n) is 1.37. The van der Waals surface area contributed by atoms with Crippen molar-refractivity contribution in [2.45, 2.75) is 0 Å². The van der Waals surface area contributed by atoms with E-state index in [1.54, 1.807) is 30.3 Å². The number of anilines is 1. The van der Waals surface area contributed by atoms with Gasteiger partial charge in [-0.25, -0.2) is 9.47 Å². The maximum absolute atomic E-state index is 11.8. The van der Waals surface area contributed by atoms with E-state index in [4.69, 9.17) is 5.84 Å². The standard InChI is InChI=1S/C11H10N4O3/c12-15-6-8(10(17)14-11(15)18)9(16)13-7-4-2-1-3-5-7/h1-6H,12H2,(H,13,16)(H,14,17,18). The van der Waals surface area contributed by atoms with E-state index in [2.05, 4.69) is 5.32 Å². The maximum atomic E-state index is 11.8. The van der Waals surface area contributed by atoms with Gasteiger partial charge in [0.25, 0.3) is 11.5 Å². The number of carbonyl (C=O) groups excluding carboxylic acids is 1. The smallest absolute Gasteiger partial charge is 0.335 e. The van der Waals surface area contributed by atoms with Crippen molar-refractivity contribution in [3.63, 3.8) is 0 Å². The lowest BCUT2D eigenvalue weighted by atomic mass is 10.2. The van der Waals surface area contributed by atoms with Crippen molar-refractivity contribution in [1.29, 1.82) is 0 Å². The van der Waals surface area contributed by atoms with Crippen molar-refractivity contribution >= 4 is 11.6 Å². The first kappa shape index (κ1) is 11.6. The van der Waals surface area contributed by atoms with Crippen molar-refractivity contribution in [3.05, 3.63) is 62.9 Å². The van der Waals surface area contributed by atoms with Crippen LogP contribution in [0.25, 0.3) is 0 Å². The van der Waals surface area contributed by atoms with Crippen LogP contribution in [0.4, 0.5) is 5.69 Å². The summed E-state index contributed by atoms with van der Waals surface area (Å²) in [5.74, 6) is 4.64. The summed E-state index contributed by atoms with van der Waals surface area (Å²) in [5.41, 5.74) is -1.26. The molecule has 0 saturated carbocycles. The highest BCUT2D eigenvalue weighted by Gasteiger charge is 2.12. The van der Waals surface area contributed by atoms with Crippen LogP contribution in [0.15, 0.2) is 46.1 Å². The van der Waals surface area contributed by atoms with Gasteiger partial charge >= 0.3 is 5.69 Å². The number of nitrogens with two attached hydrogens (primary N) is 1. The molecule has 0 atom stereocenters. The summed E-state index contributed by atoms with van der Waals surface area (Å²) in [7, 11) is 0. The summed E-state index contributed by atoms with van der Waals surface area (Å²) in [5, 5.41) is 2.52. The van der Waals surface area contributed by atoms with Crippen LogP contribution in [0, 0.1) is 0 Å². The normalized spacial score (nSPS) is 10.0. The van der Waals surface area contributed by atoms with Crippen molar-refractivity contribution in [1.82, 2.24) is 9.66 Å². The Kier molecular flexibility index (Phi) is 2.96. The second kappa shape index (κ2) is 4.58. The van der Waals surface area contributed by atoms with Gasteiger partial charge in [0.1, 0.15) is 5.56 Å². The molecule has 2 rings (SSSR count). The second-order valence-electron chi connectivity index (χ2n) is 3.53.